The molecule has 1 aromatic rings. The van der Waals surface area contributed by atoms with Gasteiger partial charge in [-0.15, -0.1) is 0 Å². The number of aliphatic hydroxyl groups is 1. The van der Waals surface area contributed by atoms with E-state index in [1.165, 1.54) is 18.6 Å². The molecule has 4 nitrogen and oxygen atoms in total. The molecule has 0 saturated carbocycles. The van der Waals surface area contributed by atoms with Gasteiger partial charge in [-0.1, -0.05) is 0 Å². The number of nitrogens with zero attached hydrogens (tertiary/aromatic N) is 3. The first-order valence-corrected chi connectivity index (χ1v) is 6.61. The van der Waals surface area contributed by atoms with Gasteiger partial charge in [0.1, 0.15) is 5.82 Å². The van der Waals surface area contributed by atoms with E-state index in [1.54, 1.807) is 0 Å². The van der Waals surface area contributed by atoms with E-state index in [2.05, 4.69) is 10.1 Å². The van der Waals surface area contributed by atoms with E-state index in [9.17, 15) is 5.11 Å². The lowest BCUT2D eigenvalue weighted by molar-refractivity contribution is 0.138. The summed E-state index contributed by atoms with van der Waals surface area (Å²) in [5, 5.41) is 14.6. The van der Waals surface area contributed by atoms with Gasteiger partial charge < -0.3 is 5.11 Å². The second-order valence-corrected chi connectivity index (χ2v) is 5.57. The van der Waals surface area contributed by atoms with Crippen molar-refractivity contribution in [3.8, 4) is 0 Å². The molecule has 1 aromatic heterocycles. The molecule has 82 valence electrons. The van der Waals surface area contributed by atoms with Crippen LogP contribution in [0.3, 0.4) is 0 Å². The monoisotopic (exact) mass is 225 g/mol. The van der Waals surface area contributed by atoms with Crippen molar-refractivity contribution in [2.75, 3.05) is 5.75 Å². The molecule has 0 amide bonds. The van der Waals surface area contributed by atoms with Gasteiger partial charge >= 0.3 is 0 Å². The van der Waals surface area contributed by atoms with Crippen LogP contribution in [0.5, 0.6) is 0 Å². The summed E-state index contributed by atoms with van der Waals surface area (Å²) in [7, 11) is 0. The summed E-state index contributed by atoms with van der Waals surface area (Å²) in [5.41, 5.74) is 0. The van der Waals surface area contributed by atoms with Crippen LogP contribution in [-0.2, 0) is 13.0 Å². The molecule has 1 saturated heterocycles. The minimum atomic E-state index is -0.217. The van der Waals surface area contributed by atoms with Crippen molar-refractivity contribution < 1.29 is 5.11 Å². The zero-order valence-corrected chi connectivity index (χ0v) is 9.41. The van der Waals surface area contributed by atoms with Crippen molar-refractivity contribution in [2.45, 2.75) is 43.6 Å². The minimum absolute atomic E-state index is 0.217. The number of aliphatic hydroxyl groups excluding tert-OH is 1. The Hall–Kier alpha value is -0.550. The van der Waals surface area contributed by atoms with Crippen LogP contribution in [0.15, 0.2) is 0 Å². The van der Waals surface area contributed by atoms with Gasteiger partial charge in [0.05, 0.1) is 11.4 Å². The first-order valence-electron chi connectivity index (χ1n) is 5.56. The SMILES string of the molecule is OC1CCn2nc(C3CCCS3)nc2C1. The maximum absolute atomic E-state index is 9.54. The van der Waals surface area contributed by atoms with Crippen LogP contribution in [0.4, 0.5) is 0 Å². The van der Waals surface area contributed by atoms with E-state index < -0.39 is 0 Å². The molecule has 2 aliphatic rings. The highest BCUT2D eigenvalue weighted by Crippen LogP contribution is 2.38. The van der Waals surface area contributed by atoms with Gasteiger partial charge in [-0.05, 0) is 25.0 Å². The van der Waals surface area contributed by atoms with Gasteiger partial charge in [0.15, 0.2) is 5.82 Å². The molecule has 3 heterocycles. The third kappa shape index (κ3) is 1.78. The van der Waals surface area contributed by atoms with Crippen molar-refractivity contribution in [1.82, 2.24) is 14.8 Å². The fourth-order valence-electron chi connectivity index (χ4n) is 2.23. The average molecular weight is 225 g/mol. The Bertz CT molecular complexity index is 360. The average Bonchev–Trinajstić information content (AvgIpc) is 2.84. The summed E-state index contributed by atoms with van der Waals surface area (Å²) in [5.74, 6) is 3.19. The predicted octanol–water partition coefficient (Wildman–Crippen LogP) is 1.15. The minimum Gasteiger partial charge on any atom is -0.393 e. The molecule has 15 heavy (non-hydrogen) atoms. The van der Waals surface area contributed by atoms with Gasteiger partial charge in [-0.3, -0.25) is 0 Å². The fraction of sp³-hybridized carbons (Fsp3) is 0.800. The summed E-state index contributed by atoms with van der Waals surface area (Å²) < 4.78 is 1.97. The number of fused-ring (bicyclic) bond motifs is 1. The fourth-order valence-corrected chi connectivity index (χ4v) is 3.43. The van der Waals surface area contributed by atoms with Crippen molar-refractivity contribution in [2.24, 2.45) is 0 Å². The molecule has 0 aliphatic carbocycles. The van der Waals surface area contributed by atoms with E-state index in [4.69, 9.17) is 0 Å². The highest BCUT2D eigenvalue weighted by Gasteiger charge is 2.26. The zero-order valence-electron chi connectivity index (χ0n) is 8.59. The lowest BCUT2D eigenvalue weighted by Crippen LogP contribution is -2.23. The van der Waals surface area contributed by atoms with Crippen LogP contribution in [0.25, 0.3) is 0 Å². The summed E-state index contributed by atoms with van der Waals surface area (Å²) in [6, 6.07) is 0. The van der Waals surface area contributed by atoms with E-state index in [1.807, 2.05) is 16.4 Å². The summed E-state index contributed by atoms with van der Waals surface area (Å²) in [4.78, 5) is 4.55. The topological polar surface area (TPSA) is 50.9 Å². The zero-order chi connectivity index (χ0) is 10.3. The summed E-state index contributed by atoms with van der Waals surface area (Å²) >= 11 is 1.96. The molecule has 0 radical (unpaired) electrons. The largest absolute Gasteiger partial charge is 0.393 e. The molecule has 0 spiro atoms. The first kappa shape index (κ1) is 9.66. The van der Waals surface area contributed by atoms with Gasteiger partial charge in [-0.25, -0.2) is 9.67 Å². The Balaban J connectivity index is 1.85. The van der Waals surface area contributed by atoms with Gasteiger partial charge in [0.25, 0.3) is 0 Å². The second kappa shape index (κ2) is 3.79. The third-order valence-electron chi connectivity index (χ3n) is 3.07. The number of thioether (sulfide) groups is 1. The molecule has 0 aromatic carbocycles. The van der Waals surface area contributed by atoms with Gasteiger partial charge in [0, 0.05) is 13.0 Å². The van der Waals surface area contributed by atoms with Crippen molar-refractivity contribution in [3.63, 3.8) is 0 Å². The second-order valence-electron chi connectivity index (χ2n) is 4.26. The van der Waals surface area contributed by atoms with E-state index in [0.29, 0.717) is 11.7 Å². The molecule has 1 N–H and O–H groups in total. The third-order valence-corrected chi connectivity index (χ3v) is 4.45. The van der Waals surface area contributed by atoms with Crippen LogP contribution in [0, 0.1) is 0 Å². The highest BCUT2D eigenvalue weighted by atomic mass is 32.2. The van der Waals surface area contributed by atoms with Crippen molar-refractivity contribution in [3.05, 3.63) is 11.6 Å². The molecule has 2 atom stereocenters. The van der Waals surface area contributed by atoms with Crippen LogP contribution in [0.1, 0.15) is 36.2 Å². The molecular weight excluding hydrogens is 210 g/mol. The Kier molecular flexibility index (Phi) is 2.44. The van der Waals surface area contributed by atoms with Crippen LogP contribution < -0.4 is 0 Å². The van der Waals surface area contributed by atoms with Crippen molar-refractivity contribution >= 4 is 11.8 Å². The number of aryl methyl sites for hydroxylation is 1. The quantitative estimate of drug-likeness (QED) is 0.779. The first-order chi connectivity index (χ1) is 7.33. The maximum Gasteiger partial charge on any atom is 0.163 e. The molecule has 5 heteroatoms. The summed E-state index contributed by atoms with van der Waals surface area (Å²) in [6.07, 6.45) is 3.75. The molecule has 3 rings (SSSR count). The molecular formula is C10H15N3OS. The van der Waals surface area contributed by atoms with Crippen LogP contribution >= 0.6 is 11.8 Å². The van der Waals surface area contributed by atoms with Crippen LogP contribution in [-0.4, -0.2) is 31.7 Å². The molecule has 2 aliphatic heterocycles. The Labute approximate surface area is 93.1 Å². The standard InChI is InChI=1S/C10H15N3OS/c14-7-3-4-13-9(6-7)11-10(12-13)8-2-1-5-15-8/h7-8,14H,1-6H2. The number of aromatic nitrogens is 3. The number of rotatable bonds is 1. The molecule has 0 bridgehead atoms. The smallest absolute Gasteiger partial charge is 0.163 e. The van der Waals surface area contributed by atoms with E-state index in [-0.39, 0.29) is 6.10 Å². The lowest BCUT2D eigenvalue weighted by atomic mass is 10.1. The lowest BCUT2D eigenvalue weighted by Gasteiger charge is -2.16. The molecule has 1 fully saturated rings. The Morgan fingerprint density at radius 3 is 3.13 bits per heavy atom. The van der Waals surface area contributed by atoms with Crippen LogP contribution in [0.2, 0.25) is 0 Å². The number of hydrogen-bond acceptors (Lipinski definition) is 4. The van der Waals surface area contributed by atoms with E-state index >= 15 is 0 Å². The molecule has 2 unspecified atom stereocenters. The number of hydrogen-bond donors (Lipinski definition) is 1. The van der Waals surface area contributed by atoms with E-state index in [0.717, 1.165) is 24.6 Å². The Morgan fingerprint density at radius 1 is 1.40 bits per heavy atom. The Morgan fingerprint density at radius 2 is 2.33 bits per heavy atom. The van der Waals surface area contributed by atoms with Gasteiger partial charge in [-0.2, -0.15) is 16.9 Å². The highest BCUT2D eigenvalue weighted by molar-refractivity contribution is 7.99. The summed E-state index contributed by atoms with van der Waals surface area (Å²) in [6.45, 7) is 0.820. The normalized spacial score (nSPS) is 30.5. The van der Waals surface area contributed by atoms with Crippen molar-refractivity contribution in [1.29, 1.82) is 0 Å². The maximum atomic E-state index is 9.54. The van der Waals surface area contributed by atoms with Gasteiger partial charge in [0.2, 0.25) is 0 Å². The predicted molar refractivity (Wildman–Crippen MR) is 58.8 cm³/mol.